The lowest BCUT2D eigenvalue weighted by Crippen LogP contribution is -2.49. The molecule has 0 radical (unpaired) electrons. The maximum Gasteiger partial charge on any atom is 0.273 e. The number of hydrogen-bond acceptors (Lipinski definition) is 6. The van der Waals surface area contributed by atoms with Crippen LogP contribution in [0, 0.1) is 0 Å². The van der Waals surface area contributed by atoms with Crippen molar-refractivity contribution in [2.45, 2.75) is 12.8 Å². The van der Waals surface area contributed by atoms with E-state index in [0.29, 0.717) is 25.2 Å². The number of aryl methyl sites for hydroxylation is 1. The predicted molar refractivity (Wildman–Crippen MR) is 103 cm³/mol. The zero-order chi connectivity index (χ0) is 18.1. The van der Waals surface area contributed by atoms with Gasteiger partial charge in [-0.3, -0.25) is 9.59 Å². The van der Waals surface area contributed by atoms with Crippen molar-refractivity contribution in [3.63, 3.8) is 0 Å². The molecular formula is C18H21N5O2S. The summed E-state index contributed by atoms with van der Waals surface area (Å²) in [6.07, 6.45) is 1.33. The second kappa shape index (κ2) is 6.95. The number of amides is 2. The summed E-state index contributed by atoms with van der Waals surface area (Å²) in [5.74, 6) is 0.0800. The topological polar surface area (TPSA) is 77.6 Å². The number of aromatic nitrogens is 1. The summed E-state index contributed by atoms with van der Waals surface area (Å²) >= 11 is 1.44. The molecule has 0 unspecified atom stereocenters. The van der Waals surface area contributed by atoms with Crippen molar-refractivity contribution in [2.75, 3.05) is 48.8 Å². The van der Waals surface area contributed by atoms with Crippen LogP contribution < -0.4 is 15.5 Å². The molecule has 136 valence electrons. The smallest absolute Gasteiger partial charge is 0.273 e. The molecule has 1 aromatic heterocycles. The number of rotatable bonds is 3. The van der Waals surface area contributed by atoms with Gasteiger partial charge in [0.1, 0.15) is 5.69 Å². The average molecular weight is 371 g/mol. The first-order valence-electron chi connectivity index (χ1n) is 8.74. The third kappa shape index (κ3) is 3.24. The van der Waals surface area contributed by atoms with Gasteiger partial charge >= 0.3 is 0 Å². The van der Waals surface area contributed by atoms with Crippen molar-refractivity contribution in [3.8, 4) is 0 Å². The molecule has 0 spiro atoms. The van der Waals surface area contributed by atoms with Crippen LogP contribution in [0.4, 0.5) is 16.5 Å². The molecule has 3 heterocycles. The van der Waals surface area contributed by atoms with E-state index in [1.807, 2.05) is 17.0 Å². The molecule has 2 aliphatic heterocycles. The SMILES string of the molecule is CNc1nc(C(=O)N2CCN(c3ccc4c(c3)CCC(=O)N4)CC2)cs1. The summed E-state index contributed by atoms with van der Waals surface area (Å²) in [5.41, 5.74) is 3.76. The van der Waals surface area contributed by atoms with E-state index >= 15 is 0 Å². The number of benzene rings is 1. The molecule has 2 aromatic rings. The number of nitrogens with one attached hydrogen (secondary N) is 2. The van der Waals surface area contributed by atoms with Crippen LogP contribution >= 0.6 is 11.3 Å². The number of thiazole rings is 1. The Hall–Kier alpha value is -2.61. The van der Waals surface area contributed by atoms with Gasteiger partial charge in [-0.05, 0) is 30.2 Å². The molecule has 1 saturated heterocycles. The van der Waals surface area contributed by atoms with E-state index in [-0.39, 0.29) is 11.8 Å². The predicted octanol–water partition coefficient (Wildman–Crippen LogP) is 2.03. The van der Waals surface area contributed by atoms with Crippen LogP contribution in [0.1, 0.15) is 22.5 Å². The van der Waals surface area contributed by atoms with Crippen LogP contribution in [0.15, 0.2) is 23.6 Å². The number of nitrogens with zero attached hydrogens (tertiary/aromatic N) is 3. The van der Waals surface area contributed by atoms with E-state index in [1.165, 1.54) is 16.9 Å². The van der Waals surface area contributed by atoms with Crippen molar-refractivity contribution < 1.29 is 9.59 Å². The van der Waals surface area contributed by atoms with Gasteiger partial charge in [-0.1, -0.05) is 0 Å². The maximum atomic E-state index is 12.6. The quantitative estimate of drug-likeness (QED) is 0.863. The van der Waals surface area contributed by atoms with E-state index in [9.17, 15) is 9.59 Å². The molecule has 26 heavy (non-hydrogen) atoms. The Morgan fingerprint density at radius 1 is 1.23 bits per heavy atom. The summed E-state index contributed by atoms with van der Waals surface area (Å²) in [5, 5.41) is 8.44. The van der Waals surface area contributed by atoms with E-state index in [2.05, 4.69) is 26.6 Å². The van der Waals surface area contributed by atoms with Crippen LogP contribution in [-0.4, -0.2) is 54.9 Å². The van der Waals surface area contributed by atoms with Gasteiger partial charge in [0.05, 0.1) is 0 Å². The summed E-state index contributed by atoms with van der Waals surface area (Å²) in [7, 11) is 1.80. The second-order valence-corrected chi connectivity index (χ2v) is 7.31. The lowest BCUT2D eigenvalue weighted by atomic mass is 10.0. The summed E-state index contributed by atoms with van der Waals surface area (Å²) in [6.45, 7) is 2.94. The molecule has 2 aliphatic rings. The molecule has 0 aliphatic carbocycles. The lowest BCUT2D eigenvalue weighted by Gasteiger charge is -2.36. The minimum atomic E-state index is -0.00412. The van der Waals surface area contributed by atoms with Gasteiger partial charge in [0.25, 0.3) is 5.91 Å². The zero-order valence-corrected chi connectivity index (χ0v) is 15.4. The first-order chi connectivity index (χ1) is 12.6. The summed E-state index contributed by atoms with van der Waals surface area (Å²) in [6, 6.07) is 6.18. The number of fused-ring (bicyclic) bond motifs is 1. The molecule has 1 aromatic carbocycles. The highest BCUT2D eigenvalue weighted by atomic mass is 32.1. The Labute approximate surface area is 156 Å². The minimum Gasteiger partial charge on any atom is -0.368 e. The van der Waals surface area contributed by atoms with Gasteiger partial charge in [-0.2, -0.15) is 0 Å². The second-order valence-electron chi connectivity index (χ2n) is 6.46. The molecule has 8 heteroatoms. The third-order valence-electron chi connectivity index (χ3n) is 4.85. The van der Waals surface area contributed by atoms with E-state index in [0.717, 1.165) is 36.0 Å². The normalized spacial score (nSPS) is 16.9. The van der Waals surface area contributed by atoms with Crippen molar-refractivity contribution in [1.29, 1.82) is 0 Å². The van der Waals surface area contributed by atoms with Gasteiger partial charge in [0, 0.05) is 56.4 Å². The Morgan fingerprint density at radius 3 is 2.77 bits per heavy atom. The van der Waals surface area contributed by atoms with Gasteiger partial charge in [0.15, 0.2) is 5.13 Å². The van der Waals surface area contributed by atoms with Gasteiger partial charge in [0.2, 0.25) is 5.91 Å². The molecule has 7 nitrogen and oxygen atoms in total. The Kier molecular flexibility index (Phi) is 4.50. The highest BCUT2D eigenvalue weighted by molar-refractivity contribution is 7.13. The minimum absolute atomic E-state index is 0.00412. The molecular weight excluding hydrogens is 350 g/mol. The number of carbonyl (C=O) groups is 2. The Bertz CT molecular complexity index is 842. The monoisotopic (exact) mass is 371 g/mol. The number of hydrogen-bond donors (Lipinski definition) is 2. The van der Waals surface area contributed by atoms with E-state index in [4.69, 9.17) is 0 Å². The third-order valence-corrected chi connectivity index (χ3v) is 5.71. The number of carbonyl (C=O) groups excluding carboxylic acids is 2. The van der Waals surface area contributed by atoms with Crippen LogP contribution in [0.25, 0.3) is 0 Å². The summed E-state index contributed by atoms with van der Waals surface area (Å²) in [4.78, 5) is 32.5. The standard InChI is InChI=1S/C18H21N5O2S/c1-19-18-21-15(11-26-18)17(25)23-8-6-22(7-9-23)13-3-4-14-12(10-13)2-5-16(24)20-14/h3-4,10-11H,2,5-9H2,1H3,(H,19,21)(H,20,24). The fraction of sp³-hybridized carbons (Fsp3) is 0.389. The summed E-state index contributed by atoms with van der Waals surface area (Å²) < 4.78 is 0. The van der Waals surface area contributed by atoms with Crippen LogP contribution in [0.5, 0.6) is 0 Å². The molecule has 0 bridgehead atoms. The Balaban J connectivity index is 1.40. The fourth-order valence-electron chi connectivity index (χ4n) is 3.38. The van der Waals surface area contributed by atoms with Crippen LogP contribution in [0.2, 0.25) is 0 Å². The lowest BCUT2D eigenvalue weighted by molar-refractivity contribution is -0.116. The van der Waals surface area contributed by atoms with Crippen LogP contribution in [0.3, 0.4) is 0 Å². The van der Waals surface area contributed by atoms with E-state index in [1.54, 1.807) is 12.4 Å². The zero-order valence-electron chi connectivity index (χ0n) is 14.6. The first kappa shape index (κ1) is 16.8. The van der Waals surface area contributed by atoms with Gasteiger partial charge in [-0.25, -0.2) is 4.98 Å². The van der Waals surface area contributed by atoms with Crippen molar-refractivity contribution in [2.24, 2.45) is 0 Å². The highest BCUT2D eigenvalue weighted by Crippen LogP contribution is 2.28. The molecule has 4 rings (SSSR count). The number of piperazine rings is 1. The maximum absolute atomic E-state index is 12.6. The van der Waals surface area contributed by atoms with Gasteiger partial charge < -0.3 is 20.4 Å². The molecule has 2 amide bonds. The van der Waals surface area contributed by atoms with Crippen LogP contribution in [-0.2, 0) is 11.2 Å². The van der Waals surface area contributed by atoms with E-state index < -0.39 is 0 Å². The fourth-order valence-corrected chi connectivity index (χ4v) is 4.03. The largest absolute Gasteiger partial charge is 0.368 e. The van der Waals surface area contributed by atoms with Gasteiger partial charge in [-0.15, -0.1) is 11.3 Å². The molecule has 1 fully saturated rings. The molecule has 2 N–H and O–H groups in total. The Morgan fingerprint density at radius 2 is 2.04 bits per heavy atom. The number of anilines is 3. The van der Waals surface area contributed by atoms with Crippen molar-refractivity contribution in [3.05, 3.63) is 34.8 Å². The van der Waals surface area contributed by atoms with Crippen molar-refractivity contribution >= 4 is 39.7 Å². The highest BCUT2D eigenvalue weighted by Gasteiger charge is 2.25. The molecule has 0 atom stereocenters. The average Bonchev–Trinajstić information content (AvgIpc) is 3.16. The molecule has 0 saturated carbocycles. The van der Waals surface area contributed by atoms with Crippen molar-refractivity contribution in [1.82, 2.24) is 9.88 Å². The first-order valence-corrected chi connectivity index (χ1v) is 9.62.